The molecule has 1 aromatic heterocycles. The molecule has 1 heterocycles. The van der Waals surface area contributed by atoms with Crippen molar-refractivity contribution >= 4 is 18.4 Å². The summed E-state index contributed by atoms with van der Waals surface area (Å²) in [5.74, 6) is 2.38. The van der Waals surface area contributed by atoms with Gasteiger partial charge in [0.1, 0.15) is 5.75 Å². The predicted octanol–water partition coefficient (Wildman–Crippen LogP) is 3.82. The topological polar surface area (TPSA) is 73.7 Å². The Morgan fingerprint density at radius 2 is 1.74 bits per heavy atom. The Bertz CT molecular complexity index is 1040. The summed E-state index contributed by atoms with van der Waals surface area (Å²) in [6, 6.07) is 11.5. The van der Waals surface area contributed by atoms with Crippen LogP contribution in [0, 0.1) is 11.7 Å². The third kappa shape index (κ3) is 3.85. The van der Waals surface area contributed by atoms with E-state index in [2.05, 4.69) is 15.3 Å². The molecule has 0 fully saturated rings. The first-order valence-electron chi connectivity index (χ1n) is 8.16. The third-order valence-electron chi connectivity index (χ3n) is 3.97. The molecule has 3 rings (SSSR count). The summed E-state index contributed by atoms with van der Waals surface area (Å²) in [5, 5.41) is 11.6. The SMILES string of the molecule is COc1cc(OC)c(OC)cc1/C=N\n1c(-c2cccc(C)c2)n[nH]c1=S. The van der Waals surface area contributed by atoms with Crippen molar-refractivity contribution in [2.45, 2.75) is 6.92 Å². The largest absolute Gasteiger partial charge is 0.496 e. The normalized spacial score (nSPS) is 11.0. The standard InChI is InChI=1S/C19H20N4O3S/c1-12-6-5-7-13(8-12)18-21-22-19(27)23(18)20-11-14-9-16(25-3)17(26-4)10-15(14)24-2/h5-11H,1-4H3,(H,22,27)/b20-11-. The van der Waals surface area contributed by atoms with Crippen LogP contribution >= 0.6 is 12.2 Å². The van der Waals surface area contributed by atoms with Gasteiger partial charge in [0.15, 0.2) is 17.3 Å². The number of aromatic amines is 1. The Morgan fingerprint density at radius 1 is 1.04 bits per heavy atom. The van der Waals surface area contributed by atoms with Gasteiger partial charge in [-0.1, -0.05) is 23.8 Å². The molecule has 140 valence electrons. The molecule has 0 saturated heterocycles. The van der Waals surface area contributed by atoms with Gasteiger partial charge in [-0.15, -0.1) is 0 Å². The van der Waals surface area contributed by atoms with Crippen molar-refractivity contribution in [2.75, 3.05) is 21.3 Å². The maximum atomic E-state index is 5.43. The van der Waals surface area contributed by atoms with Gasteiger partial charge in [-0.05, 0) is 31.3 Å². The summed E-state index contributed by atoms with van der Waals surface area (Å²) in [4.78, 5) is 0. The summed E-state index contributed by atoms with van der Waals surface area (Å²) in [6.07, 6.45) is 1.64. The number of ether oxygens (including phenoxy) is 3. The second-order valence-corrected chi connectivity index (χ2v) is 6.11. The molecule has 0 amide bonds. The lowest BCUT2D eigenvalue weighted by Gasteiger charge is -2.11. The van der Waals surface area contributed by atoms with Gasteiger partial charge in [0.2, 0.25) is 4.77 Å². The minimum absolute atomic E-state index is 0.391. The van der Waals surface area contributed by atoms with Crippen LogP contribution in [0.15, 0.2) is 41.5 Å². The van der Waals surface area contributed by atoms with Gasteiger partial charge in [0.25, 0.3) is 0 Å². The van der Waals surface area contributed by atoms with E-state index < -0.39 is 0 Å². The first-order chi connectivity index (χ1) is 13.1. The lowest BCUT2D eigenvalue weighted by Crippen LogP contribution is -1.99. The lowest BCUT2D eigenvalue weighted by atomic mass is 10.1. The summed E-state index contributed by atoms with van der Waals surface area (Å²) < 4.78 is 18.1. The van der Waals surface area contributed by atoms with Gasteiger partial charge < -0.3 is 14.2 Å². The number of hydrogen-bond donors (Lipinski definition) is 1. The highest BCUT2D eigenvalue weighted by Crippen LogP contribution is 2.33. The van der Waals surface area contributed by atoms with Crippen molar-refractivity contribution < 1.29 is 14.2 Å². The monoisotopic (exact) mass is 384 g/mol. The van der Waals surface area contributed by atoms with Crippen LogP contribution in [0.2, 0.25) is 0 Å². The lowest BCUT2D eigenvalue weighted by molar-refractivity contribution is 0.349. The molecule has 8 heteroatoms. The molecular formula is C19H20N4O3S. The zero-order valence-electron chi connectivity index (χ0n) is 15.5. The Hall–Kier alpha value is -3.13. The van der Waals surface area contributed by atoms with E-state index in [9.17, 15) is 0 Å². The van der Waals surface area contributed by atoms with E-state index in [1.54, 1.807) is 44.4 Å². The first-order valence-corrected chi connectivity index (χ1v) is 8.57. The van der Waals surface area contributed by atoms with Gasteiger partial charge in [-0.2, -0.15) is 14.9 Å². The second-order valence-electron chi connectivity index (χ2n) is 5.73. The molecule has 0 spiro atoms. The number of H-pyrrole nitrogens is 1. The molecule has 0 unspecified atom stereocenters. The average Bonchev–Trinajstić information content (AvgIpc) is 3.06. The van der Waals surface area contributed by atoms with E-state index in [0.29, 0.717) is 33.4 Å². The number of nitrogens with one attached hydrogen (secondary N) is 1. The van der Waals surface area contributed by atoms with Gasteiger partial charge in [-0.3, -0.25) is 0 Å². The Kier molecular flexibility index (Phi) is 5.56. The zero-order chi connectivity index (χ0) is 19.4. The number of hydrogen-bond acceptors (Lipinski definition) is 6. The van der Waals surface area contributed by atoms with Crippen LogP contribution in [0.3, 0.4) is 0 Å². The highest BCUT2D eigenvalue weighted by molar-refractivity contribution is 7.71. The van der Waals surface area contributed by atoms with Gasteiger partial charge >= 0.3 is 0 Å². The molecule has 7 nitrogen and oxygen atoms in total. The second kappa shape index (κ2) is 8.05. The van der Waals surface area contributed by atoms with Crippen LogP contribution in [-0.2, 0) is 0 Å². The molecule has 0 aliphatic rings. The van der Waals surface area contributed by atoms with Crippen LogP contribution in [0.5, 0.6) is 17.2 Å². The van der Waals surface area contributed by atoms with E-state index >= 15 is 0 Å². The van der Waals surface area contributed by atoms with Gasteiger partial charge in [0, 0.05) is 17.2 Å². The quantitative estimate of drug-likeness (QED) is 0.517. The molecule has 1 N–H and O–H groups in total. The fraction of sp³-hybridized carbons (Fsp3) is 0.211. The van der Waals surface area contributed by atoms with Crippen molar-refractivity contribution in [3.05, 3.63) is 52.3 Å². The molecule has 3 aromatic rings. The molecule has 0 saturated carbocycles. The van der Waals surface area contributed by atoms with E-state index in [1.807, 2.05) is 31.2 Å². The van der Waals surface area contributed by atoms with E-state index in [-0.39, 0.29) is 0 Å². The number of aryl methyl sites for hydroxylation is 1. The van der Waals surface area contributed by atoms with E-state index in [0.717, 1.165) is 11.1 Å². The molecule has 2 aromatic carbocycles. The summed E-state index contributed by atoms with van der Waals surface area (Å²) in [6.45, 7) is 2.02. The highest BCUT2D eigenvalue weighted by atomic mass is 32.1. The third-order valence-corrected chi connectivity index (χ3v) is 4.24. The van der Waals surface area contributed by atoms with Gasteiger partial charge in [-0.25, -0.2) is 5.10 Å². The van der Waals surface area contributed by atoms with Crippen molar-refractivity contribution in [3.63, 3.8) is 0 Å². The molecule has 0 aliphatic carbocycles. The first kappa shape index (κ1) is 18.7. The molecule has 27 heavy (non-hydrogen) atoms. The average molecular weight is 384 g/mol. The van der Waals surface area contributed by atoms with E-state index in [1.165, 1.54) is 0 Å². The number of rotatable bonds is 6. The fourth-order valence-electron chi connectivity index (χ4n) is 2.64. The van der Waals surface area contributed by atoms with Crippen molar-refractivity contribution in [1.29, 1.82) is 0 Å². The maximum absolute atomic E-state index is 5.43. The van der Waals surface area contributed by atoms with E-state index in [4.69, 9.17) is 26.4 Å². The van der Waals surface area contributed by atoms with Crippen LogP contribution in [0.1, 0.15) is 11.1 Å². The highest BCUT2D eigenvalue weighted by Gasteiger charge is 2.12. The number of aromatic nitrogens is 3. The van der Waals surface area contributed by atoms with Crippen LogP contribution < -0.4 is 14.2 Å². The van der Waals surface area contributed by atoms with Crippen molar-refractivity contribution in [2.24, 2.45) is 5.10 Å². The maximum Gasteiger partial charge on any atom is 0.216 e. The minimum Gasteiger partial charge on any atom is -0.496 e. The molecular weight excluding hydrogens is 364 g/mol. The zero-order valence-corrected chi connectivity index (χ0v) is 16.3. The molecule has 0 bridgehead atoms. The molecule has 0 atom stereocenters. The Labute approximate surface area is 162 Å². The minimum atomic E-state index is 0.391. The van der Waals surface area contributed by atoms with Crippen LogP contribution in [0.4, 0.5) is 0 Å². The molecule has 0 aliphatic heterocycles. The van der Waals surface area contributed by atoms with Crippen LogP contribution in [0.25, 0.3) is 11.4 Å². The number of benzene rings is 2. The predicted molar refractivity (Wildman–Crippen MR) is 107 cm³/mol. The summed E-state index contributed by atoms with van der Waals surface area (Å²) in [7, 11) is 4.73. The molecule has 0 radical (unpaired) electrons. The fourth-order valence-corrected chi connectivity index (χ4v) is 2.82. The summed E-state index contributed by atoms with van der Waals surface area (Å²) >= 11 is 5.33. The summed E-state index contributed by atoms with van der Waals surface area (Å²) in [5.41, 5.74) is 2.76. The number of nitrogens with zero attached hydrogens (tertiary/aromatic N) is 3. The van der Waals surface area contributed by atoms with Crippen molar-refractivity contribution in [3.8, 4) is 28.6 Å². The number of methoxy groups -OCH3 is 3. The van der Waals surface area contributed by atoms with Gasteiger partial charge in [0.05, 0.1) is 27.5 Å². The Balaban J connectivity index is 2.05. The van der Waals surface area contributed by atoms with Crippen molar-refractivity contribution in [1.82, 2.24) is 14.9 Å². The smallest absolute Gasteiger partial charge is 0.216 e. The Morgan fingerprint density at radius 3 is 2.41 bits per heavy atom. The van der Waals surface area contributed by atoms with Crippen LogP contribution in [-0.4, -0.2) is 42.4 Å².